The van der Waals surface area contributed by atoms with Gasteiger partial charge in [0, 0.05) is 0 Å². The fourth-order valence-electron chi connectivity index (χ4n) is 2.75. The largest absolute Gasteiger partial charge is 0.508 e. The van der Waals surface area contributed by atoms with Gasteiger partial charge in [-0.15, -0.1) is 0 Å². The number of hydrogen-bond acceptors (Lipinski definition) is 3. The Labute approximate surface area is 122 Å². The molecule has 1 unspecified atom stereocenters. The lowest BCUT2D eigenvalue weighted by atomic mass is 9.80. The van der Waals surface area contributed by atoms with Gasteiger partial charge in [-0.1, -0.05) is 42.0 Å². The van der Waals surface area contributed by atoms with Gasteiger partial charge in [0.1, 0.15) is 5.75 Å². The molecule has 106 valence electrons. The van der Waals surface area contributed by atoms with E-state index < -0.39 is 5.54 Å². The number of benzene rings is 2. The number of ketones is 1. The maximum atomic E-state index is 12.5. The van der Waals surface area contributed by atoms with E-state index >= 15 is 0 Å². The number of aryl methyl sites for hydroxylation is 1. The maximum absolute atomic E-state index is 12.5. The number of phenols is 1. The van der Waals surface area contributed by atoms with Gasteiger partial charge in [-0.25, -0.2) is 0 Å². The molecule has 0 spiro atoms. The molecule has 2 aromatic carbocycles. The Bertz CT molecular complexity index is 656. The van der Waals surface area contributed by atoms with Crippen molar-refractivity contribution in [3.63, 3.8) is 0 Å². The Kier molecular flexibility index (Phi) is 3.01. The number of Topliss-reactive ketones (excluding diaryl/α,β-unsaturated/α-hetero) is 1. The third-order valence-corrected chi connectivity index (χ3v) is 3.85. The number of hydrogen-bond donors (Lipinski definition) is 2. The highest BCUT2D eigenvalue weighted by Gasteiger charge is 2.48. The number of amides is 1. The van der Waals surface area contributed by atoms with Crippen molar-refractivity contribution in [3.8, 4) is 5.75 Å². The number of rotatable bonds is 2. The zero-order chi connectivity index (χ0) is 15.0. The van der Waals surface area contributed by atoms with Gasteiger partial charge in [0.15, 0.2) is 11.3 Å². The fourth-order valence-corrected chi connectivity index (χ4v) is 2.75. The van der Waals surface area contributed by atoms with Crippen molar-refractivity contribution >= 4 is 11.7 Å². The summed E-state index contributed by atoms with van der Waals surface area (Å²) in [4.78, 5) is 24.3. The summed E-state index contributed by atoms with van der Waals surface area (Å²) in [6, 6.07) is 13.9. The highest BCUT2D eigenvalue weighted by atomic mass is 16.3. The van der Waals surface area contributed by atoms with Crippen LogP contribution in [0.5, 0.6) is 5.75 Å². The molecule has 1 fully saturated rings. The van der Waals surface area contributed by atoms with E-state index in [2.05, 4.69) is 5.32 Å². The average Bonchev–Trinajstić information content (AvgIpc) is 2.76. The van der Waals surface area contributed by atoms with Crippen LogP contribution in [0.1, 0.15) is 23.1 Å². The highest BCUT2D eigenvalue weighted by molar-refractivity contribution is 6.12. The molecule has 2 N–H and O–H groups in total. The van der Waals surface area contributed by atoms with Gasteiger partial charge in [-0.2, -0.15) is 0 Å². The summed E-state index contributed by atoms with van der Waals surface area (Å²) in [6.45, 7) is 1.96. The average molecular weight is 281 g/mol. The molecule has 0 radical (unpaired) electrons. The SMILES string of the molecule is Cc1ccc(C2(c3ccc(O)cc3)NC(=O)CC2=O)cc1. The van der Waals surface area contributed by atoms with E-state index in [1.807, 2.05) is 31.2 Å². The molecule has 1 atom stereocenters. The minimum absolute atomic E-state index is 0.120. The number of phenolic OH excluding ortho intramolecular Hbond substituents is 1. The number of nitrogens with one attached hydrogen (secondary N) is 1. The van der Waals surface area contributed by atoms with Crippen molar-refractivity contribution in [2.45, 2.75) is 18.9 Å². The molecule has 21 heavy (non-hydrogen) atoms. The Balaban J connectivity index is 2.20. The zero-order valence-corrected chi connectivity index (χ0v) is 11.6. The third-order valence-electron chi connectivity index (χ3n) is 3.85. The van der Waals surface area contributed by atoms with Crippen molar-refractivity contribution in [1.82, 2.24) is 5.32 Å². The number of aromatic hydroxyl groups is 1. The van der Waals surface area contributed by atoms with Crippen LogP contribution in [0.3, 0.4) is 0 Å². The van der Waals surface area contributed by atoms with Gasteiger partial charge < -0.3 is 10.4 Å². The van der Waals surface area contributed by atoms with E-state index in [0.29, 0.717) is 5.56 Å². The first-order valence-corrected chi connectivity index (χ1v) is 6.73. The smallest absolute Gasteiger partial charge is 0.228 e. The zero-order valence-electron chi connectivity index (χ0n) is 11.6. The Morgan fingerprint density at radius 1 is 0.952 bits per heavy atom. The fraction of sp³-hybridized carbons (Fsp3) is 0.176. The monoisotopic (exact) mass is 281 g/mol. The van der Waals surface area contributed by atoms with E-state index in [-0.39, 0.29) is 23.9 Å². The van der Waals surface area contributed by atoms with E-state index in [0.717, 1.165) is 11.1 Å². The lowest BCUT2D eigenvalue weighted by Crippen LogP contribution is -2.44. The summed E-state index contributed by atoms with van der Waals surface area (Å²) in [7, 11) is 0. The summed E-state index contributed by atoms with van der Waals surface area (Å²) >= 11 is 0. The molecular formula is C17H15NO3. The Morgan fingerprint density at radius 3 is 1.95 bits per heavy atom. The minimum Gasteiger partial charge on any atom is -0.508 e. The lowest BCUT2D eigenvalue weighted by Gasteiger charge is -2.29. The van der Waals surface area contributed by atoms with Crippen LogP contribution in [0.25, 0.3) is 0 Å². The quantitative estimate of drug-likeness (QED) is 0.828. The van der Waals surface area contributed by atoms with Crippen molar-refractivity contribution in [1.29, 1.82) is 0 Å². The van der Waals surface area contributed by atoms with Crippen LogP contribution >= 0.6 is 0 Å². The van der Waals surface area contributed by atoms with Gasteiger partial charge >= 0.3 is 0 Å². The van der Waals surface area contributed by atoms with Gasteiger partial charge in [-0.3, -0.25) is 9.59 Å². The van der Waals surface area contributed by atoms with Crippen LogP contribution in [-0.2, 0) is 15.1 Å². The standard InChI is InChI=1S/C17H15NO3/c1-11-2-4-12(5-3-11)17(15(20)10-16(21)18-17)13-6-8-14(19)9-7-13/h2-9,19H,10H2,1H3,(H,18,21). The molecule has 1 aliphatic heterocycles. The van der Waals surface area contributed by atoms with Crippen LogP contribution < -0.4 is 5.32 Å². The third kappa shape index (κ3) is 2.09. The van der Waals surface area contributed by atoms with Gasteiger partial charge in [0.25, 0.3) is 0 Å². The van der Waals surface area contributed by atoms with Crippen molar-refractivity contribution in [2.24, 2.45) is 0 Å². The molecular weight excluding hydrogens is 266 g/mol. The summed E-state index contributed by atoms with van der Waals surface area (Å²) in [5, 5.41) is 12.3. The maximum Gasteiger partial charge on any atom is 0.228 e. The normalized spacial score (nSPS) is 21.4. The summed E-state index contributed by atoms with van der Waals surface area (Å²) < 4.78 is 0. The molecule has 3 rings (SSSR count). The van der Waals surface area contributed by atoms with E-state index in [1.54, 1.807) is 12.1 Å². The first-order valence-electron chi connectivity index (χ1n) is 6.73. The molecule has 1 heterocycles. The van der Waals surface area contributed by atoms with E-state index in [1.165, 1.54) is 12.1 Å². The first-order chi connectivity index (χ1) is 10.0. The molecule has 0 bridgehead atoms. The summed E-state index contributed by atoms with van der Waals surface area (Å²) in [5.74, 6) is -0.342. The molecule has 1 amide bonds. The Morgan fingerprint density at radius 2 is 1.48 bits per heavy atom. The second kappa shape index (κ2) is 4.74. The van der Waals surface area contributed by atoms with Crippen molar-refractivity contribution in [2.75, 3.05) is 0 Å². The van der Waals surface area contributed by atoms with E-state index in [9.17, 15) is 14.7 Å². The molecule has 4 nitrogen and oxygen atoms in total. The predicted molar refractivity (Wildman–Crippen MR) is 77.8 cm³/mol. The number of carbonyl (C=O) groups is 2. The van der Waals surface area contributed by atoms with Crippen LogP contribution in [0.2, 0.25) is 0 Å². The second-order valence-electron chi connectivity index (χ2n) is 5.31. The molecule has 0 aromatic heterocycles. The minimum atomic E-state index is -1.15. The predicted octanol–water partition coefficient (Wildman–Crippen LogP) is 2.03. The highest BCUT2D eigenvalue weighted by Crippen LogP contribution is 2.36. The van der Waals surface area contributed by atoms with Gasteiger partial charge in [0.2, 0.25) is 5.91 Å². The van der Waals surface area contributed by atoms with Gasteiger partial charge in [-0.05, 0) is 30.2 Å². The Hall–Kier alpha value is -2.62. The van der Waals surface area contributed by atoms with Crippen molar-refractivity contribution < 1.29 is 14.7 Å². The van der Waals surface area contributed by atoms with Crippen LogP contribution in [-0.4, -0.2) is 16.8 Å². The topological polar surface area (TPSA) is 66.4 Å². The van der Waals surface area contributed by atoms with Crippen LogP contribution in [0, 0.1) is 6.92 Å². The second-order valence-corrected chi connectivity index (χ2v) is 5.31. The molecule has 1 aliphatic rings. The van der Waals surface area contributed by atoms with Crippen LogP contribution in [0.15, 0.2) is 48.5 Å². The molecule has 0 saturated carbocycles. The molecule has 2 aromatic rings. The van der Waals surface area contributed by atoms with E-state index in [4.69, 9.17) is 0 Å². The van der Waals surface area contributed by atoms with Crippen LogP contribution in [0.4, 0.5) is 0 Å². The molecule has 4 heteroatoms. The summed E-state index contributed by atoms with van der Waals surface area (Å²) in [5.41, 5.74) is 1.31. The lowest BCUT2D eigenvalue weighted by molar-refractivity contribution is -0.122. The van der Waals surface area contributed by atoms with Gasteiger partial charge in [0.05, 0.1) is 6.42 Å². The molecule has 1 saturated heterocycles. The number of carbonyl (C=O) groups excluding carboxylic acids is 2. The van der Waals surface area contributed by atoms with Crippen molar-refractivity contribution in [3.05, 3.63) is 65.2 Å². The summed E-state index contributed by atoms with van der Waals surface area (Å²) in [6.07, 6.45) is -0.130. The first kappa shape index (κ1) is 13.4. The molecule has 0 aliphatic carbocycles.